The van der Waals surface area contributed by atoms with Gasteiger partial charge in [-0.2, -0.15) is 5.10 Å². The molecule has 0 unspecified atom stereocenters. The number of hydrazone groups is 1. The summed E-state index contributed by atoms with van der Waals surface area (Å²) in [5, 5.41) is 23.1. The molecule has 1 heterocycles. The molecule has 0 saturated heterocycles. The maximum Gasteiger partial charge on any atom is 0.181 e. The largest absolute Gasteiger partial charge is 0.508 e. The molecule has 0 radical (unpaired) electrons. The Hall–Kier alpha value is -4.19. The van der Waals surface area contributed by atoms with Crippen molar-refractivity contribution in [3.05, 3.63) is 96.3 Å². The van der Waals surface area contributed by atoms with Gasteiger partial charge in [-0.05, 0) is 54.6 Å². The van der Waals surface area contributed by atoms with Gasteiger partial charge in [0, 0.05) is 16.7 Å². The zero-order valence-electron chi connectivity index (χ0n) is 15.4. The Bertz CT molecular complexity index is 1160. The molecule has 0 spiro atoms. The summed E-state index contributed by atoms with van der Waals surface area (Å²) in [5.41, 5.74) is 4.24. The van der Waals surface area contributed by atoms with Crippen LogP contribution in [0.4, 0.5) is 0 Å². The van der Waals surface area contributed by atoms with Gasteiger partial charge in [0.2, 0.25) is 0 Å². The van der Waals surface area contributed by atoms with Gasteiger partial charge in [0.15, 0.2) is 5.82 Å². The van der Waals surface area contributed by atoms with Crippen molar-refractivity contribution in [2.45, 2.75) is 0 Å². The van der Waals surface area contributed by atoms with Crippen LogP contribution in [-0.2, 0) is 0 Å². The molecule has 4 rings (SSSR count). The van der Waals surface area contributed by atoms with E-state index < -0.39 is 0 Å². The number of rotatable bonds is 4. The number of aromatic hydroxyl groups is 2. The second-order valence-electron chi connectivity index (χ2n) is 6.40. The lowest BCUT2D eigenvalue weighted by atomic mass is 10.1. The van der Waals surface area contributed by atoms with Gasteiger partial charge in [0.1, 0.15) is 17.2 Å². The van der Waals surface area contributed by atoms with Crippen molar-refractivity contribution in [2.75, 3.05) is 0 Å². The normalized spacial score (nSPS) is 11.4. The Labute approximate surface area is 167 Å². The standard InChI is InChI=1S/C23H18N4O2/c24-27-22(17-8-12-19(29)13-9-17)23-25-20(15-4-2-1-3-5-15)14-21(26-23)16-6-10-18(28)11-7-16/h1-14,28-29H,24H2. The number of phenols is 2. The molecule has 0 aliphatic heterocycles. The second kappa shape index (κ2) is 7.82. The number of hydrogen-bond donors (Lipinski definition) is 3. The number of nitrogens with two attached hydrogens (primary N) is 1. The first-order valence-electron chi connectivity index (χ1n) is 8.95. The number of aromatic nitrogens is 2. The van der Waals surface area contributed by atoms with Gasteiger partial charge in [-0.1, -0.05) is 30.3 Å². The molecule has 4 N–H and O–H groups in total. The van der Waals surface area contributed by atoms with Crippen LogP contribution in [0, 0.1) is 0 Å². The van der Waals surface area contributed by atoms with Crippen LogP contribution in [0.2, 0.25) is 0 Å². The Balaban J connectivity index is 1.89. The van der Waals surface area contributed by atoms with Crippen LogP contribution < -0.4 is 5.84 Å². The van der Waals surface area contributed by atoms with Gasteiger partial charge in [-0.25, -0.2) is 9.97 Å². The highest BCUT2D eigenvalue weighted by molar-refractivity contribution is 6.10. The molecule has 0 aliphatic carbocycles. The monoisotopic (exact) mass is 382 g/mol. The van der Waals surface area contributed by atoms with Gasteiger partial charge < -0.3 is 16.1 Å². The molecule has 0 bridgehead atoms. The van der Waals surface area contributed by atoms with Crippen molar-refractivity contribution in [3.8, 4) is 34.0 Å². The molecular formula is C23H18N4O2. The fraction of sp³-hybridized carbons (Fsp3) is 0. The summed E-state index contributed by atoms with van der Waals surface area (Å²) in [4.78, 5) is 9.35. The maximum absolute atomic E-state index is 9.60. The highest BCUT2D eigenvalue weighted by Crippen LogP contribution is 2.26. The Kier molecular flexibility index (Phi) is 4.90. The average molecular weight is 382 g/mol. The van der Waals surface area contributed by atoms with Gasteiger partial charge in [0.05, 0.1) is 11.4 Å². The molecule has 3 aromatic carbocycles. The molecule has 0 amide bonds. The Morgan fingerprint density at radius 2 is 1.21 bits per heavy atom. The number of hydrogen-bond acceptors (Lipinski definition) is 6. The van der Waals surface area contributed by atoms with Crippen LogP contribution >= 0.6 is 0 Å². The summed E-state index contributed by atoms with van der Waals surface area (Å²) in [5.74, 6) is 6.38. The number of benzene rings is 3. The fourth-order valence-corrected chi connectivity index (χ4v) is 2.97. The smallest absolute Gasteiger partial charge is 0.181 e. The third-order valence-electron chi connectivity index (χ3n) is 4.44. The van der Waals surface area contributed by atoms with Gasteiger partial charge in [-0.15, -0.1) is 0 Å². The molecule has 6 nitrogen and oxygen atoms in total. The zero-order chi connectivity index (χ0) is 20.2. The SMILES string of the molecule is NN=C(c1ccc(O)cc1)c1nc(-c2ccccc2)cc(-c2ccc(O)cc2)n1. The summed E-state index contributed by atoms with van der Waals surface area (Å²) in [6, 6.07) is 25.0. The molecule has 0 saturated carbocycles. The van der Waals surface area contributed by atoms with Crippen molar-refractivity contribution in [1.82, 2.24) is 9.97 Å². The topological polar surface area (TPSA) is 105 Å². The lowest BCUT2D eigenvalue weighted by molar-refractivity contribution is 0.475. The van der Waals surface area contributed by atoms with Crippen LogP contribution in [0.1, 0.15) is 11.4 Å². The first kappa shape index (κ1) is 18.2. The first-order valence-corrected chi connectivity index (χ1v) is 8.95. The van der Waals surface area contributed by atoms with Crippen LogP contribution in [-0.4, -0.2) is 25.9 Å². The van der Waals surface area contributed by atoms with E-state index in [1.165, 1.54) is 0 Å². The van der Waals surface area contributed by atoms with Gasteiger partial charge in [0.25, 0.3) is 0 Å². The van der Waals surface area contributed by atoms with Gasteiger partial charge >= 0.3 is 0 Å². The Morgan fingerprint density at radius 1 is 0.690 bits per heavy atom. The summed E-state index contributed by atoms with van der Waals surface area (Å²) in [6.07, 6.45) is 0. The molecule has 29 heavy (non-hydrogen) atoms. The highest BCUT2D eigenvalue weighted by Gasteiger charge is 2.15. The van der Waals surface area contributed by atoms with Crippen LogP contribution in [0.15, 0.2) is 90.0 Å². The van der Waals surface area contributed by atoms with Gasteiger partial charge in [-0.3, -0.25) is 0 Å². The molecule has 1 aromatic heterocycles. The second-order valence-corrected chi connectivity index (χ2v) is 6.40. The van der Waals surface area contributed by atoms with E-state index in [1.807, 2.05) is 36.4 Å². The molecule has 0 aliphatic rings. The van der Waals surface area contributed by atoms with E-state index in [4.69, 9.17) is 5.84 Å². The van der Waals surface area contributed by atoms with E-state index in [-0.39, 0.29) is 11.5 Å². The minimum absolute atomic E-state index is 0.147. The lowest BCUT2D eigenvalue weighted by Crippen LogP contribution is -2.12. The number of phenolic OH excluding ortho intramolecular Hbond substituents is 2. The molecule has 4 aromatic rings. The Morgan fingerprint density at radius 3 is 1.76 bits per heavy atom. The van der Waals surface area contributed by atoms with Crippen molar-refractivity contribution in [2.24, 2.45) is 10.9 Å². The minimum atomic E-state index is 0.147. The summed E-state index contributed by atoms with van der Waals surface area (Å²) >= 11 is 0. The van der Waals surface area contributed by atoms with E-state index in [1.54, 1.807) is 48.5 Å². The highest BCUT2D eigenvalue weighted by atomic mass is 16.3. The number of nitrogens with zero attached hydrogens (tertiary/aromatic N) is 3. The third-order valence-corrected chi connectivity index (χ3v) is 4.44. The van der Waals surface area contributed by atoms with Crippen LogP contribution in [0.5, 0.6) is 11.5 Å². The molecule has 142 valence electrons. The van der Waals surface area contributed by atoms with Crippen molar-refractivity contribution in [3.63, 3.8) is 0 Å². The third kappa shape index (κ3) is 3.91. The van der Waals surface area contributed by atoms with E-state index in [9.17, 15) is 10.2 Å². The van der Waals surface area contributed by atoms with Crippen molar-refractivity contribution in [1.29, 1.82) is 0 Å². The predicted octanol–water partition coefficient (Wildman–Crippen LogP) is 3.93. The van der Waals surface area contributed by atoms with E-state index >= 15 is 0 Å². The zero-order valence-corrected chi connectivity index (χ0v) is 15.4. The van der Waals surface area contributed by atoms with Crippen molar-refractivity contribution < 1.29 is 10.2 Å². The predicted molar refractivity (Wildman–Crippen MR) is 113 cm³/mol. The summed E-state index contributed by atoms with van der Waals surface area (Å²) in [6.45, 7) is 0. The van der Waals surface area contributed by atoms with E-state index in [0.717, 1.165) is 16.8 Å². The fourth-order valence-electron chi connectivity index (χ4n) is 2.97. The molecule has 6 heteroatoms. The molecular weight excluding hydrogens is 364 g/mol. The van der Waals surface area contributed by atoms with E-state index in [0.29, 0.717) is 22.8 Å². The first-order chi connectivity index (χ1) is 14.1. The maximum atomic E-state index is 9.60. The van der Waals surface area contributed by atoms with Crippen molar-refractivity contribution >= 4 is 5.71 Å². The summed E-state index contributed by atoms with van der Waals surface area (Å²) < 4.78 is 0. The quantitative estimate of drug-likeness (QED) is 0.282. The average Bonchev–Trinajstić information content (AvgIpc) is 2.76. The molecule has 0 atom stereocenters. The minimum Gasteiger partial charge on any atom is -0.508 e. The van der Waals surface area contributed by atoms with Crippen LogP contribution in [0.25, 0.3) is 22.5 Å². The molecule has 0 fully saturated rings. The van der Waals surface area contributed by atoms with Crippen LogP contribution in [0.3, 0.4) is 0 Å². The summed E-state index contributed by atoms with van der Waals surface area (Å²) in [7, 11) is 0. The van der Waals surface area contributed by atoms with E-state index in [2.05, 4.69) is 15.1 Å². The lowest BCUT2D eigenvalue weighted by Gasteiger charge is -2.11.